The average molecular weight is 279 g/mol. The zero-order valence-corrected chi connectivity index (χ0v) is 11.8. The standard InChI is InChI=1S/C14H17NO3S/c1-11-5-7-13(8-6-11)19(17,18)15-9-3-4-14(15)12(2)10-16/h3-9,12,16H,10H2,1-2H3. The molecule has 102 valence electrons. The molecule has 0 aliphatic rings. The monoisotopic (exact) mass is 279 g/mol. The molecule has 1 unspecified atom stereocenters. The van der Waals surface area contributed by atoms with Gasteiger partial charge in [0.15, 0.2) is 0 Å². The van der Waals surface area contributed by atoms with E-state index < -0.39 is 10.0 Å². The summed E-state index contributed by atoms with van der Waals surface area (Å²) in [6, 6.07) is 10.1. The predicted molar refractivity (Wildman–Crippen MR) is 73.7 cm³/mol. The molecule has 0 radical (unpaired) electrons. The van der Waals surface area contributed by atoms with Crippen molar-refractivity contribution >= 4 is 10.0 Å². The molecule has 0 aliphatic heterocycles. The van der Waals surface area contributed by atoms with Crippen LogP contribution >= 0.6 is 0 Å². The van der Waals surface area contributed by atoms with Gasteiger partial charge in [-0.1, -0.05) is 24.6 Å². The van der Waals surface area contributed by atoms with Crippen molar-refractivity contribution in [2.24, 2.45) is 0 Å². The highest BCUT2D eigenvalue weighted by molar-refractivity contribution is 7.90. The lowest BCUT2D eigenvalue weighted by atomic mass is 10.1. The Bertz CT molecular complexity index is 656. The molecule has 0 bridgehead atoms. The van der Waals surface area contributed by atoms with Gasteiger partial charge in [0.2, 0.25) is 0 Å². The second-order valence-electron chi connectivity index (χ2n) is 4.63. The SMILES string of the molecule is Cc1ccc(S(=O)(=O)n2cccc2C(C)CO)cc1. The number of hydrogen-bond acceptors (Lipinski definition) is 3. The van der Waals surface area contributed by atoms with Gasteiger partial charge in [0.1, 0.15) is 0 Å². The molecule has 0 saturated carbocycles. The van der Waals surface area contributed by atoms with E-state index in [-0.39, 0.29) is 17.4 Å². The highest BCUT2D eigenvalue weighted by atomic mass is 32.2. The smallest absolute Gasteiger partial charge is 0.267 e. The summed E-state index contributed by atoms with van der Waals surface area (Å²) in [5.74, 6) is -0.227. The number of aryl methyl sites for hydroxylation is 1. The highest BCUT2D eigenvalue weighted by Crippen LogP contribution is 2.22. The van der Waals surface area contributed by atoms with Gasteiger partial charge >= 0.3 is 0 Å². The second-order valence-corrected chi connectivity index (χ2v) is 6.45. The number of nitrogens with zero attached hydrogens (tertiary/aromatic N) is 1. The van der Waals surface area contributed by atoms with Gasteiger partial charge in [0.05, 0.1) is 11.5 Å². The average Bonchev–Trinajstić information content (AvgIpc) is 2.88. The van der Waals surface area contributed by atoms with Crippen LogP contribution in [0.15, 0.2) is 47.5 Å². The minimum atomic E-state index is -3.59. The maximum atomic E-state index is 12.5. The molecule has 2 aromatic rings. The number of aromatic nitrogens is 1. The highest BCUT2D eigenvalue weighted by Gasteiger charge is 2.21. The first-order valence-electron chi connectivity index (χ1n) is 6.07. The molecule has 2 rings (SSSR count). The molecule has 4 nitrogen and oxygen atoms in total. The fourth-order valence-electron chi connectivity index (χ4n) is 1.90. The summed E-state index contributed by atoms with van der Waals surface area (Å²) in [5.41, 5.74) is 1.60. The van der Waals surface area contributed by atoms with Crippen molar-refractivity contribution in [2.45, 2.75) is 24.7 Å². The number of rotatable bonds is 4. The van der Waals surface area contributed by atoms with Crippen molar-refractivity contribution in [3.63, 3.8) is 0 Å². The Labute approximate surface area is 113 Å². The Morgan fingerprint density at radius 1 is 1.21 bits per heavy atom. The lowest BCUT2D eigenvalue weighted by Crippen LogP contribution is -2.17. The van der Waals surface area contributed by atoms with Gasteiger partial charge in [-0.2, -0.15) is 0 Å². The van der Waals surface area contributed by atoms with Crippen LogP contribution in [0.3, 0.4) is 0 Å². The van der Waals surface area contributed by atoms with E-state index in [1.165, 1.54) is 10.2 Å². The zero-order chi connectivity index (χ0) is 14.0. The summed E-state index contributed by atoms with van der Waals surface area (Å²) < 4.78 is 26.3. The van der Waals surface area contributed by atoms with Crippen LogP contribution < -0.4 is 0 Å². The molecule has 1 aromatic heterocycles. The Balaban J connectivity index is 2.51. The minimum Gasteiger partial charge on any atom is -0.396 e. The first kappa shape index (κ1) is 13.8. The summed E-state index contributed by atoms with van der Waals surface area (Å²) >= 11 is 0. The fraction of sp³-hybridized carbons (Fsp3) is 0.286. The van der Waals surface area contributed by atoms with Gasteiger partial charge < -0.3 is 5.11 Å². The first-order valence-corrected chi connectivity index (χ1v) is 7.51. The molecule has 1 atom stereocenters. The lowest BCUT2D eigenvalue weighted by molar-refractivity contribution is 0.270. The van der Waals surface area contributed by atoms with Crippen molar-refractivity contribution in [3.8, 4) is 0 Å². The van der Waals surface area contributed by atoms with Crippen molar-refractivity contribution < 1.29 is 13.5 Å². The lowest BCUT2D eigenvalue weighted by Gasteiger charge is -2.14. The van der Waals surface area contributed by atoms with Crippen LogP contribution in [-0.2, 0) is 10.0 Å². The number of aliphatic hydroxyl groups is 1. The molecule has 0 aliphatic carbocycles. The number of aliphatic hydroxyl groups excluding tert-OH is 1. The molecule has 0 amide bonds. The Morgan fingerprint density at radius 3 is 2.42 bits per heavy atom. The third-order valence-electron chi connectivity index (χ3n) is 3.10. The maximum Gasteiger partial charge on any atom is 0.267 e. The molecule has 0 fully saturated rings. The molecule has 0 spiro atoms. The van der Waals surface area contributed by atoms with Gasteiger partial charge in [-0.3, -0.25) is 0 Å². The van der Waals surface area contributed by atoms with Crippen LogP contribution in [0.5, 0.6) is 0 Å². The van der Waals surface area contributed by atoms with Crippen molar-refractivity contribution in [1.82, 2.24) is 3.97 Å². The molecular formula is C14H17NO3S. The third kappa shape index (κ3) is 2.57. The third-order valence-corrected chi connectivity index (χ3v) is 4.82. The summed E-state index contributed by atoms with van der Waals surface area (Å²) in [7, 11) is -3.59. The predicted octanol–water partition coefficient (Wildman–Crippen LogP) is 2.13. The number of benzene rings is 1. The van der Waals surface area contributed by atoms with E-state index in [0.717, 1.165) is 5.56 Å². The molecule has 1 aromatic carbocycles. The molecular weight excluding hydrogens is 262 g/mol. The summed E-state index contributed by atoms with van der Waals surface area (Å²) in [6.07, 6.45) is 1.51. The van der Waals surface area contributed by atoms with Crippen LogP contribution in [0.1, 0.15) is 24.1 Å². The van der Waals surface area contributed by atoms with E-state index in [0.29, 0.717) is 5.69 Å². The van der Waals surface area contributed by atoms with Crippen LogP contribution in [0.4, 0.5) is 0 Å². The van der Waals surface area contributed by atoms with Gasteiger partial charge in [0, 0.05) is 17.8 Å². The van der Waals surface area contributed by atoms with Crippen molar-refractivity contribution in [1.29, 1.82) is 0 Å². The largest absolute Gasteiger partial charge is 0.396 e. The normalized spacial score (nSPS) is 13.4. The van der Waals surface area contributed by atoms with Crippen molar-refractivity contribution in [3.05, 3.63) is 53.9 Å². The Kier molecular flexibility index (Phi) is 3.78. The minimum absolute atomic E-state index is 0.0899. The fourth-order valence-corrected chi connectivity index (χ4v) is 3.35. The quantitative estimate of drug-likeness (QED) is 0.932. The van der Waals surface area contributed by atoms with E-state index in [9.17, 15) is 13.5 Å². The van der Waals surface area contributed by atoms with Gasteiger partial charge in [-0.05, 0) is 31.2 Å². The van der Waals surface area contributed by atoms with Crippen molar-refractivity contribution in [2.75, 3.05) is 6.61 Å². The summed E-state index contributed by atoms with van der Waals surface area (Å²) in [5, 5.41) is 9.20. The molecule has 1 heterocycles. The summed E-state index contributed by atoms with van der Waals surface area (Å²) in [4.78, 5) is 0.251. The zero-order valence-electron chi connectivity index (χ0n) is 10.9. The molecule has 5 heteroatoms. The maximum absolute atomic E-state index is 12.5. The molecule has 1 N–H and O–H groups in total. The Morgan fingerprint density at radius 2 is 1.84 bits per heavy atom. The van der Waals surface area contributed by atoms with E-state index >= 15 is 0 Å². The van der Waals surface area contributed by atoms with Gasteiger partial charge in [0.25, 0.3) is 10.0 Å². The van der Waals surface area contributed by atoms with Gasteiger partial charge in [-0.15, -0.1) is 0 Å². The van der Waals surface area contributed by atoms with Crippen LogP contribution in [0.2, 0.25) is 0 Å². The van der Waals surface area contributed by atoms with Crippen LogP contribution in [0.25, 0.3) is 0 Å². The molecule has 19 heavy (non-hydrogen) atoms. The van der Waals surface area contributed by atoms with E-state index in [4.69, 9.17) is 0 Å². The van der Waals surface area contributed by atoms with E-state index in [2.05, 4.69) is 0 Å². The van der Waals surface area contributed by atoms with Crippen LogP contribution in [0, 0.1) is 6.92 Å². The Hall–Kier alpha value is -1.59. The first-order chi connectivity index (χ1) is 8.96. The van der Waals surface area contributed by atoms with E-state index in [1.807, 2.05) is 6.92 Å². The number of hydrogen-bond donors (Lipinski definition) is 1. The topological polar surface area (TPSA) is 59.3 Å². The second kappa shape index (κ2) is 5.19. The van der Waals surface area contributed by atoms with E-state index in [1.54, 1.807) is 43.3 Å². The summed E-state index contributed by atoms with van der Waals surface area (Å²) in [6.45, 7) is 3.61. The van der Waals surface area contributed by atoms with Crippen LogP contribution in [-0.4, -0.2) is 24.1 Å². The van der Waals surface area contributed by atoms with Gasteiger partial charge in [-0.25, -0.2) is 12.4 Å². The molecule has 0 saturated heterocycles.